The first-order valence-corrected chi connectivity index (χ1v) is 11.5. The molecule has 0 saturated heterocycles. The van der Waals surface area contributed by atoms with Crippen molar-refractivity contribution in [3.8, 4) is 22.3 Å². The van der Waals surface area contributed by atoms with E-state index in [1.54, 1.807) is 12.1 Å². The van der Waals surface area contributed by atoms with Crippen molar-refractivity contribution < 1.29 is 18.3 Å². The summed E-state index contributed by atoms with van der Waals surface area (Å²) >= 11 is 3.28. The summed E-state index contributed by atoms with van der Waals surface area (Å²) in [6, 6.07) is 22.2. The van der Waals surface area contributed by atoms with Gasteiger partial charge in [0.05, 0.1) is 0 Å². The zero-order valence-electron chi connectivity index (χ0n) is 17.4. The van der Waals surface area contributed by atoms with Crippen LogP contribution in [0.1, 0.15) is 36.8 Å². The van der Waals surface area contributed by atoms with Gasteiger partial charge in [-0.2, -0.15) is 13.2 Å². The largest absolute Gasteiger partial charge is 0.421 e. The Balaban J connectivity index is 1.86. The summed E-state index contributed by atoms with van der Waals surface area (Å²) in [5, 5.41) is 11.3. The average molecular weight is 491 g/mol. The first-order chi connectivity index (χ1) is 14.7. The molecule has 0 aromatic heterocycles. The number of hydrogen-bond donors (Lipinski definition) is 1. The Bertz CT molecular complexity index is 981. The van der Waals surface area contributed by atoms with Crippen LogP contribution in [0.15, 0.2) is 72.8 Å². The molecular formula is C26H26BrF3O. The molecule has 3 aromatic carbocycles. The smallest absolute Gasteiger partial charge is 0.376 e. The normalized spacial score (nSPS) is 13.7. The zero-order valence-corrected chi connectivity index (χ0v) is 19.0. The second kappa shape index (κ2) is 10.0. The van der Waals surface area contributed by atoms with E-state index < -0.39 is 11.8 Å². The Labute approximate surface area is 190 Å². The molecule has 0 radical (unpaired) electrons. The van der Waals surface area contributed by atoms with Crippen LogP contribution in [0.4, 0.5) is 13.2 Å². The van der Waals surface area contributed by atoms with Crippen molar-refractivity contribution in [2.24, 2.45) is 0 Å². The summed E-state index contributed by atoms with van der Waals surface area (Å²) in [6.07, 6.45) is -3.35. The van der Waals surface area contributed by atoms with Gasteiger partial charge in [-0.15, -0.1) is 0 Å². The quantitative estimate of drug-likeness (QED) is 0.250. The predicted octanol–water partition coefficient (Wildman–Crippen LogP) is 8.03. The van der Waals surface area contributed by atoms with Crippen LogP contribution in [0.3, 0.4) is 0 Å². The Hall–Kier alpha value is -2.11. The maximum Gasteiger partial charge on any atom is 0.421 e. The van der Waals surface area contributed by atoms with Crippen molar-refractivity contribution >= 4 is 15.9 Å². The molecule has 0 heterocycles. The van der Waals surface area contributed by atoms with Crippen LogP contribution >= 0.6 is 15.9 Å². The van der Waals surface area contributed by atoms with Gasteiger partial charge in [0.2, 0.25) is 0 Å². The Kier molecular flexibility index (Phi) is 7.60. The molecule has 0 amide bonds. The van der Waals surface area contributed by atoms with Crippen LogP contribution in [-0.4, -0.2) is 16.6 Å². The zero-order chi connectivity index (χ0) is 22.5. The summed E-state index contributed by atoms with van der Waals surface area (Å²) in [5.74, 6) is 0. The number of alkyl halides is 4. The predicted molar refractivity (Wildman–Crippen MR) is 124 cm³/mol. The lowest BCUT2D eigenvalue weighted by molar-refractivity contribution is -0.269. The molecule has 1 N–H and O–H groups in total. The van der Waals surface area contributed by atoms with Gasteiger partial charge in [0.1, 0.15) is 0 Å². The minimum atomic E-state index is -4.73. The number of hydrogen-bond acceptors (Lipinski definition) is 1. The van der Waals surface area contributed by atoms with Crippen LogP contribution in [0.25, 0.3) is 22.3 Å². The highest BCUT2D eigenvalue weighted by Crippen LogP contribution is 2.43. The minimum absolute atomic E-state index is 0.114. The van der Waals surface area contributed by atoms with E-state index in [0.29, 0.717) is 12.8 Å². The average Bonchev–Trinajstić information content (AvgIpc) is 2.76. The lowest BCUT2D eigenvalue weighted by Gasteiger charge is -2.31. The van der Waals surface area contributed by atoms with Crippen molar-refractivity contribution in [2.45, 2.75) is 44.4 Å². The van der Waals surface area contributed by atoms with Gasteiger partial charge < -0.3 is 5.11 Å². The molecule has 0 aliphatic rings. The van der Waals surface area contributed by atoms with E-state index in [9.17, 15) is 18.3 Å². The van der Waals surface area contributed by atoms with E-state index in [2.05, 4.69) is 28.1 Å². The molecule has 164 valence electrons. The first kappa shape index (κ1) is 23.6. The van der Waals surface area contributed by atoms with E-state index in [4.69, 9.17) is 0 Å². The molecule has 1 atom stereocenters. The van der Waals surface area contributed by atoms with Gasteiger partial charge in [0, 0.05) is 5.33 Å². The van der Waals surface area contributed by atoms with E-state index in [0.717, 1.165) is 34.0 Å². The summed E-state index contributed by atoms with van der Waals surface area (Å²) in [4.78, 5) is 0. The van der Waals surface area contributed by atoms with Gasteiger partial charge in [0.25, 0.3) is 0 Å². The van der Waals surface area contributed by atoms with Crippen molar-refractivity contribution in [3.63, 3.8) is 0 Å². The fourth-order valence-electron chi connectivity index (χ4n) is 3.66. The second-order valence-corrected chi connectivity index (χ2v) is 8.67. The van der Waals surface area contributed by atoms with Gasteiger partial charge in [-0.05, 0) is 60.1 Å². The fourth-order valence-corrected chi connectivity index (χ4v) is 4.06. The highest BCUT2D eigenvalue weighted by molar-refractivity contribution is 9.09. The number of benzene rings is 3. The Morgan fingerprint density at radius 3 is 1.81 bits per heavy atom. The highest BCUT2D eigenvalue weighted by atomic mass is 79.9. The Morgan fingerprint density at radius 2 is 1.29 bits per heavy atom. The molecule has 0 bridgehead atoms. The number of unbranched alkanes of at least 4 members (excludes halogenated alkanes) is 2. The third kappa shape index (κ3) is 5.58. The van der Waals surface area contributed by atoms with Crippen molar-refractivity contribution in [1.29, 1.82) is 0 Å². The maximum atomic E-state index is 13.7. The molecule has 3 rings (SSSR count). The third-order valence-corrected chi connectivity index (χ3v) is 6.15. The molecule has 5 heteroatoms. The van der Waals surface area contributed by atoms with Gasteiger partial charge in [-0.25, -0.2) is 0 Å². The topological polar surface area (TPSA) is 20.2 Å². The van der Waals surface area contributed by atoms with Crippen LogP contribution in [0, 0.1) is 6.92 Å². The van der Waals surface area contributed by atoms with Crippen molar-refractivity contribution in [1.82, 2.24) is 0 Å². The second-order valence-electron chi connectivity index (χ2n) is 7.88. The van der Waals surface area contributed by atoms with Crippen LogP contribution < -0.4 is 0 Å². The lowest BCUT2D eigenvalue weighted by Crippen LogP contribution is -2.42. The van der Waals surface area contributed by atoms with Gasteiger partial charge in [0.15, 0.2) is 5.60 Å². The number of aliphatic hydroxyl groups is 1. The SMILES string of the molecule is Cc1ccc(-c2cccc(-c3ccc(C(O)(CCCCCBr)C(F)(F)F)cc3)c2)cc1. The number of aryl methyl sites for hydroxylation is 1. The fraction of sp³-hybridized carbons (Fsp3) is 0.308. The first-order valence-electron chi connectivity index (χ1n) is 10.4. The summed E-state index contributed by atoms with van der Waals surface area (Å²) in [6.45, 7) is 2.03. The minimum Gasteiger partial charge on any atom is -0.376 e. The van der Waals surface area contributed by atoms with Crippen LogP contribution in [0.2, 0.25) is 0 Å². The van der Waals surface area contributed by atoms with Crippen molar-refractivity contribution in [3.05, 3.63) is 83.9 Å². The van der Waals surface area contributed by atoms with Gasteiger partial charge >= 0.3 is 6.18 Å². The van der Waals surface area contributed by atoms with Crippen molar-refractivity contribution in [2.75, 3.05) is 5.33 Å². The molecular weight excluding hydrogens is 465 g/mol. The van der Waals surface area contributed by atoms with E-state index in [-0.39, 0.29) is 12.0 Å². The molecule has 0 aliphatic carbocycles. The summed E-state index contributed by atoms with van der Waals surface area (Å²) < 4.78 is 41.2. The van der Waals surface area contributed by atoms with Crippen LogP contribution in [-0.2, 0) is 5.60 Å². The molecule has 31 heavy (non-hydrogen) atoms. The molecule has 0 spiro atoms. The monoisotopic (exact) mass is 490 g/mol. The van der Waals surface area contributed by atoms with Gasteiger partial charge in [-0.3, -0.25) is 0 Å². The summed E-state index contributed by atoms with van der Waals surface area (Å²) in [5.41, 5.74) is 2.08. The molecule has 1 unspecified atom stereocenters. The Morgan fingerprint density at radius 1 is 0.742 bits per heavy atom. The van der Waals surface area contributed by atoms with Crippen LogP contribution in [0.5, 0.6) is 0 Å². The standard InChI is InChI=1S/C26H26BrF3O/c1-19-8-10-20(11-9-19)22-6-5-7-23(18-22)21-12-14-24(15-13-21)25(31,26(28,29)30)16-3-2-4-17-27/h5-15,18,31H,2-4,16-17H2,1H3. The van der Waals surface area contributed by atoms with E-state index >= 15 is 0 Å². The maximum absolute atomic E-state index is 13.7. The third-order valence-electron chi connectivity index (χ3n) is 5.58. The van der Waals surface area contributed by atoms with E-state index in [1.165, 1.54) is 17.7 Å². The highest BCUT2D eigenvalue weighted by Gasteiger charge is 2.54. The molecule has 0 fully saturated rings. The molecule has 0 saturated carbocycles. The summed E-state index contributed by atoms with van der Waals surface area (Å²) in [7, 11) is 0. The van der Waals surface area contributed by atoms with Gasteiger partial charge in [-0.1, -0.05) is 94.6 Å². The molecule has 1 nitrogen and oxygen atoms in total. The lowest BCUT2D eigenvalue weighted by atomic mass is 9.86. The van der Waals surface area contributed by atoms with E-state index in [1.807, 2.05) is 43.3 Å². The molecule has 0 aliphatic heterocycles. The molecule has 3 aromatic rings. The number of halogens is 4. The number of rotatable bonds is 8.